The molecular weight excluding hydrogens is 272 g/mol. The average molecular weight is 284 g/mol. The second kappa shape index (κ2) is 7.34. The minimum Gasteiger partial charge on any atom is -0.497 e. The van der Waals surface area contributed by atoms with E-state index in [1.54, 1.807) is 31.4 Å². The van der Waals surface area contributed by atoms with Gasteiger partial charge in [0.2, 0.25) is 0 Å². The lowest BCUT2D eigenvalue weighted by atomic mass is 10.1. The molecule has 0 saturated heterocycles. The van der Waals surface area contributed by atoms with Crippen LogP contribution in [-0.4, -0.2) is 7.11 Å². The van der Waals surface area contributed by atoms with Gasteiger partial charge >= 0.3 is 0 Å². The minimum atomic E-state index is 0.0882. The van der Waals surface area contributed by atoms with Gasteiger partial charge in [0.1, 0.15) is 23.5 Å². The molecule has 1 aliphatic rings. The van der Waals surface area contributed by atoms with Gasteiger partial charge in [-0.15, -0.1) is 0 Å². The van der Waals surface area contributed by atoms with Gasteiger partial charge in [-0.05, 0) is 36.4 Å². The standard InChI is InChI=1S/C19H12N2O/c1-22-19-11-8-16(9-12-19)6-5-15-3-2-4-17(10-7-15)18(13-20)14-21/h2-4,7-12H,1H3. The summed E-state index contributed by atoms with van der Waals surface area (Å²) >= 11 is 0. The summed E-state index contributed by atoms with van der Waals surface area (Å²) in [6.45, 7) is 0. The number of nitriles is 2. The molecule has 3 nitrogen and oxygen atoms in total. The highest BCUT2D eigenvalue weighted by atomic mass is 16.5. The van der Waals surface area contributed by atoms with E-state index in [1.807, 2.05) is 42.5 Å². The van der Waals surface area contributed by atoms with E-state index in [0.29, 0.717) is 5.57 Å². The van der Waals surface area contributed by atoms with Crippen LogP contribution in [0.15, 0.2) is 71.4 Å². The van der Waals surface area contributed by atoms with Crippen molar-refractivity contribution in [1.82, 2.24) is 0 Å². The van der Waals surface area contributed by atoms with Gasteiger partial charge in [-0.25, -0.2) is 0 Å². The molecule has 0 amide bonds. The molecule has 0 radical (unpaired) electrons. The van der Waals surface area contributed by atoms with Crippen LogP contribution in [0.3, 0.4) is 0 Å². The smallest absolute Gasteiger partial charge is 0.136 e. The van der Waals surface area contributed by atoms with E-state index in [0.717, 1.165) is 16.9 Å². The van der Waals surface area contributed by atoms with Gasteiger partial charge in [-0.2, -0.15) is 10.5 Å². The van der Waals surface area contributed by atoms with E-state index in [2.05, 4.69) is 11.8 Å². The van der Waals surface area contributed by atoms with Gasteiger partial charge in [-0.1, -0.05) is 30.1 Å². The fourth-order valence-corrected chi connectivity index (χ4v) is 1.77. The quantitative estimate of drug-likeness (QED) is 0.586. The van der Waals surface area contributed by atoms with Gasteiger partial charge in [0.15, 0.2) is 0 Å². The van der Waals surface area contributed by atoms with Crippen LogP contribution in [0.2, 0.25) is 0 Å². The number of rotatable bonds is 1. The highest BCUT2D eigenvalue weighted by Crippen LogP contribution is 2.14. The molecule has 0 N–H and O–H groups in total. The van der Waals surface area contributed by atoms with E-state index in [4.69, 9.17) is 15.3 Å². The van der Waals surface area contributed by atoms with Crippen molar-refractivity contribution in [3.63, 3.8) is 0 Å². The summed E-state index contributed by atoms with van der Waals surface area (Å²) in [5.41, 5.74) is 2.36. The Morgan fingerprint density at radius 2 is 1.68 bits per heavy atom. The molecule has 0 atom stereocenters. The molecule has 0 bridgehead atoms. The summed E-state index contributed by atoms with van der Waals surface area (Å²) in [6, 6.07) is 11.2. The maximum absolute atomic E-state index is 8.88. The molecule has 1 aromatic rings. The Hall–Kier alpha value is -3.48. The fraction of sp³-hybridized carbons (Fsp3) is 0.0526. The van der Waals surface area contributed by atoms with Crippen molar-refractivity contribution in [3.05, 3.63) is 76.9 Å². The average Bonchev–Trinajstić information content (AvgIpc) is 2.80. The van der Waals surface area contributed by atoms with Gasteiger partial charge in [0.05, 0.1) is 7.11 Å². The highest BCUT2D eigenvalue weighted by Gasteiger charge is 2.01. The first-order chi connectivity index (χ1) is 10.8. The lowest BCUT2D eigenvalue weighted by molar-refractivity contribution is 0.415. The Morgan fingerprint density at radius 1 is 0.955 bits per heavy atom. The van der Waals surface area contributed by atoms with Gasteiger partial charge in [0, 0.05) is 16.7 Å². The Kier molecular flexibility index (Phi) is 4.98. The van der Waals surface area contributed by atoms with Crippen LogP contribution in [0.4, 0.5) is 0 Å². The third-order valence-corrected chi connectivity index (χ3v) is 2.95. The van der Waals surface area contributed by atoms with Crippen LogP contribution < -0.4 is 4.74 Å². The predicted molar refractivity (Wildman–Crippen MR) is 84.5 cm³/mol. The van der Waals surface area contributed by atoms with Crippen molar-refractivity contribution in [2.24, 2.45) is 0 Å². The Labute approximate surface area is 129 Å². The molecule has 1 aromatic carbocycles. The van der Waals surface area contributed by atoms with Crippen LogP contribution in [0.5, 0.6) is 5.75 Å². The first-order valence-electron chi connectivity index (χ1n) is 6.54. The number of allylic oxidation sites excluding steroid dienone is 8. The van der Waals surface area contributed by atoms with Crippen LogP contribution in [0.1, 0.15) is 5.56 Å². The molecule has 0 aromatic heterocycles. The SMILES string of the molecule is COc1ccc(C#CC2=CC=CC(=C(C#N)C#N)C=C2)cc1. The zero-order valence-corrected chi connectivity index (χ0v) is 12.0. The van der Waals surface area contributed by atoms with E-state index < -0.39 is 0 Å². The largest absolute Gasteiger partial charge is 0.497 e. The summed E-state index contributed by atoms with van der Waals surface area (Å²) in [7, 11) is 1.62. The topological polar surface area (TPSA) is 56.8 Å². The van der Waals surface area contributed by atoms with Crippen LogP contribution in [0.25, 0.3) is 0 Å². The number of nitrogens with zero attached hydrogens (tertiary/aromatic N) is 2. The number of ether oxygens (including phenoxy) is 1. The molecule has 0 aliphatic heterocycles. The van der Waals surface area contributed by atoms with E-state index in [9.17, 15) is 0 Å². The summed E-state index contributed by atoms with van der Waals surface area (Å²) in [6.07, 6.45) is 8.86. The molecule has 1 aliphatic carbocycles. The molecule has 3 heteroatoms. The Balaban J connectivity index is 2.21. The third kappa shape index (κ3) is 3.76. The van der Waals surface area contributed by atoms with E-state index >= 15 is 0 Å². The predicted octanol–water partition coefficient (Wildman–Crippen LogP) is 3.44. The molecule has 0 spiro atoms. The molecule has 0 fully saturated rings. The highest BCUT2D eigenvalue weighted by molar-refractivity contribution is 5.56. The monoisotopic (exact) mass is 284 g/mol. The first-order valence-corrected chi connectivity index (χ1v) is 6.54. The summed E-state index contributed by atoms with van der Waals surface area (Å²) in [5.74, 6) is 6.90. The van der Waals surface area contributed by atoms with Crippen molar-refractivity contribution in [3.8, 4) is 29.7 Å². The zero-order valence-electron chi connectivity index (χ0n) is 12.0. The van der Waals surface area contributed by atoms with Crippen molar-refractivity contribution in [2.75, 3.05) is 7.11 Å². The lowest BCUT2D eigenvalue weighted by Crippen LogP contribution is -1.82. The maximum atomic E-state index is 8.88. The molecule has 0 saturated carbocycles. The number of hydrogen-bond donors (Lipinski definition) is 0. The van der Waals surface area contributed by atoms with Crippen molar-refractivity contribution in [2.45, 2.75) is 0 Å². The summed E-state index contributed by atoms with van der Waals surface area (Å²) in [4.78, 5) is 0. The fourth-order valence-electron chi connectivity index (χ4n) is 1.77. The number of methoxy groups -OCH3 is 1. The molecule has 0 heterocycles. The molecule has 104 valence electrons. The molecular formula is C19H12N2O. The van der Waals surface area contributed by atoms with E-state index in [1.165, 1.54) is 0 Å². The van der Waals surface area contributed by atoms with Gasteiger partial charge in [-0.3, -0.25) is 0 Å². The Bertz CT molecular complexity index is 811. The molecule has 22 heavy (non-hydrogen) atoms. The Morgan fingerprint density at radius 3 is 2.32 bits per heavy atom. The van der Waals surface area contributed by atoms with Crippen molar-refractivity contribution >= 4 is 0 Å². The third-order valence-electron chi connectivity index (χ3n) is 2.95. The van der Waals surface area contributed by atoms with Gasteiger partial charge < -0.3 is 4.74 Å². The van der Waals surface area contributed by atoms with E-state index in [-0.39, 0.29) is 5.57 Å². The van der Waals surface area contributed by atoms with Crippen LogP contribution >= 0.6 is 0 Å². The minimum absolute atomic E-state index is 0.0882. The van der Waals surface area contributed by atoms with Crippen LogP contribution in [-0.2, 0) is 0 Å². The van der Waals surface area contributed by atoms with Gasteiger partial charge in [0.25, 0.3) is 0 Å². The number of benzene rings is 1. The lowest BCUT2D eigenvalue weighted by Gasteiger charge is -1.97. The zero-order chi connectivity index (χ0) is 15.8. The molecule has 2 rings (SSSR count). The summed E-state index contributed by atoms with van der Waals surface area (Å²) in [5, 5.41) is 17.8. The normalized spacial score (nSPS) is 12.1. The maximum Gasteiger partial charge on any atom is 0.136 e. The number of hydrogen-bond acceptors (Lipinski definition) is 3. The van der Waals surface area contributed by atoms with Crippen molar-refractivity contribution < 1.29 is 4.74 Å². The second-order valence-corrected chi connectivity index (χ2v) is 4.35. The molecule has 0 unspecified atom stereocenters. The van der Waals surface area contributed by atoms with Crippen LogP contribution in [0, 0.1) is 34.5 Å². The second-order valence-electron chi connectivity index (χ2n) is 4.35. The van der Waals surface area contributed by atoms with Crippen molar-refractivity contribution in [1.29, 1.82) is 10.5 Å². The first kappa shape index (κ1) is 14.9. The summed E-state index contributed by atoms with van der Waals surface area (Å²) < 4.78 is 5.10.